The van der Waals surface area contributed by atoms with Gasteiger partial charge in [-0.15, -0.1) is 21.5 Å². The van der Waals surface area contributed by atoms with Crippen LogP contribution in [0.25, 0.3) is 22.6 Å². The average molecular weight is 401 g/mol. The number of carbonyl (C=O) groups excluding carboxylic acids is 1. The number of carbonyl (C=O) groups is 1. The van der Waals surface area contributed by atoms with E-state index in [4.69, 9.17) is 0 Å². The highest BCUT2D eigenvalue weighted by Crippen LogP contribution is 2.29. The molecule has 0 fully saturated rings. The molecule has 1 aliphatic rings. The first-order valence-corrected chi connectivity index (χ1v) is 10.4. The second kappa shape index (κ2) is 7.25. The number of rotatable bonds is 3. The summed E-state index contributed by atoms with van der Waals surface area (Å²) in [6.07, 6.45) is 0. The zero-order valence-electron chi connectivity index (χ0n) is 15.9. The van der Waals surface area contributed by atoms with Crippen LogP contribution in [-0.2, 0) is 6.54 Å². The van der Waals surface area contributed by atoms with E-state index in [0.29, 0.717) is 18.1 Å². The van der Waals surface area contributed by atoms with Gasteiger partial charge >= 0.3 is 0 Å². The van der Waals surface area contributed by atoms with Gasteiger partial charge in [-0.2, -0.15) is 0 Å². The molecule has 2 aromatic carbocycles. The number of amides is 1. The van der Waals surface area contributed by atoms with Crippen LogP contribution < -0.4 is 0 Å². The van der Waals surface area contributed by atoms with Gasteiger partial charge in [0.05, 0.1) is 18.3 Å². The molecule has 0 spiro atoms. The summed E-state index contributed by atoms with van der Waals surface area (Å²) in [4.78, 5) is 19.5. The molecule has 1 amide bonds. The van der Waals surface area contributed by atoms with Gasteiger partial charge in [-0.25, -0.2) is 4.98 Å². The van der Waals surface area contributed by atoms with E-state index in [-0.39, 0.29) is 11.9 Å². The van der Waals surface area contributed by atoms with Gasteiger partial charge in [0.2, 0.25) is 0 Å². The lowest BCUT2D eigenvalue weighted by Gasteiger charge is -2.32. The number of thiazole rings is 1. The minimum Gasteiger partial charge on any atom is -0.327 e. The summed E-state index contributed by atoms with van der Waals surface area (Å²) in [5.74, 6) is 1.59. The molecule has 5 rings (SSSR count). The van der Waals surface area contributed by atoms with Gasteiger partial charge in [0.15, 0.2) is 16.7 Å². The van der Waals surface area contributed by atoms with Crippen molar-refractivity contribution in [2.45, 2.75) is 19.5 Å². The van der Waals surface area contributed by atoms with Crippen LogP contribution in [0.5, 0.6) is 0 Å². The quantitative estimate of drug-likeness (QED) is 0.514. The summed E-state index contributed by atoms with van der Waals surface area (Å²) in [6, 6.07) is 20.0. The molecule has 0 N–H and O–H groups in total. The lowest BCUT2D eigenvalue weighted by atomic mass is 10.1. The first-order chi connectivity index (χ1) is 14.2. The average Bonchev–Trinajstić information content (AvgIpc) is 3.42. The molecule has 0 bridgehead atoms. The highest BCUT2D eigenvalue weighted by Gasteiger charge is 2.31. The number of hydrogen-bond acceptors (Lipinski definition) is 5. The zero-order chi connectivity index (χ0) is 19.8. The number of nitrogens with zero attached hydrogens (tertiary/aromatic N) is 5. The first kappa shape index (κ1) is 17.8. The van der Waals surface area contributed by atoms with Crippen LogP contribution in [0.15, 0.2) is 66.0 Å². The summed E-state index contributed by atoms with van der Waals surface area (Å²) < 4.78 is 2.14. The van der Waals surface area contributed by atoms with E-state index >= 15 is 0 Å². The summed E-state index contributed by atoms with van der Waals surface area (Å²) in [5.41, 5.74) is 2.88. The Morgan fingerprint density at radius 3 is 2.41 bits per heavy atom. The summed E-state index contributed by atoms with van der Waals surface area (Å²) in [6.45, 7) is 3.13. The highest BCUT2D eigenvalue weighted by molar-refractivity contribution is 7.12. The molecule has 0 aliphatic carbocycles. The van der Waals surface area contributed by atoms with Crippen molar-refractivity contribution in [3.63, 3.8) is 0 Å². The molecule has 0 unspecified atom stereocenters. The van der Waals surface area contributed by atoms with Crippen LogP contribution in [-0.4, -0.2) is 37.1 Å². The van der Waals surface area contributed by atoms with E-state index in [1.54, 1.807) is 0 Å². The fraction of sp³-hybridized carbons (Fsp3) is 0.182. The molecule has 144 valence electrons. The lowest BCUT2D eigenvalue weighted by Crippen LogP contribution is -2.40. The fourth-order valence-corrected chi connectivity index (χ4v) is 4.51. The van der Waals surface area contributed by atoms with Gasteiger partial charge < -0.3 is 9.47 Å². The zero-order valence-corrected chi connectivity index (χ0v) is 16.7. The van der Waals surface area contributed by atoms with Gasteiger partial charge in [-0.1, -0.05) is 60.7 Å². The summed E-state index contributed by atoms with van der Waals surface area (Å²) in [7, 11) is 0. The summed E-state index contributed by atoms with van der Waals surface area (Å²) in [5, 5.41) is 11.2. The third-order valence-corrected chi connectivity index (χ3v) is 5.93. The molecule has 0 saturated heterocycles. The smallest absolute Gasteiger partial charge is 0.283 e. The number of benzene rings is 2. The van der Waals surface area contributed by atoms with E-state index in [1.807, 2.05) is 70.9 Å². The fourth-order valence-electron chi connectivity index (χ4n) is 3.72. The van der Waals surface area contributed by atoms with Crippen LogP contribution in [0.4, 0.5) is 0 Å². The Balaban J connectivity index is 1.40. The van der Waals surface area contributed by atoms with E-state index in [0.717, 1.165) is 28.5 Å². The van der Waals surface area contributed by atoms with Gasteiger partial charge in [-0.3, -0.25) is 4.79 Å². The van der Waals surface area contributed by atoms with Crippen molar-refractivity contribution in [1.29, 1.82) is 0 Å². The molecule has 1 aliphatic heterocycles. The Bertz CT molecular complexity index is 1150. The van der Waals surface area contributed by atoms with E-state index < -0.39 is 0 Å². The molecule has 3 heterocycles. The Kier molecular flexibility index (Phi) is 4.44. The first-order valence-electron chi connectivity index (χ1n) is 9.50. The van der Waals surface area contributed by atoms with Gasteiger partial charge in [-0.05, 0) is 6.92 Å². The predicted octanol–water partition coefficient (Wildman–Crippen LogP) is 4.29. The number of hydrogen-bond donors (Lipinski definition) is 0. The maximum absolute atomic E-state index is 13.1. The maximum Gasteiger partial charge on any atom is 0.283 e. The van der Waals surface area contributed by atoms with Crippen molar-refractivity contribution in [3.8, 4) is 22.6 Å². The van der Waals surface area contributed by atoms with E-state index in [1.165, 1.54) is 11.3 Å². The van der Waals surface area contributed by atoms with Crippen molar-refractivity contribution < 1.29 is 4.79 Å². The van der Waals surface area contributed by atoms with Crippen molar-refractivity contribution in [3.05, 3.63) is 76.9 Å². The van der Waals surface area contributed by atoms with Crippen molar-refractivity contribution in [2.24, 2.45) is 0 Å². The second-order valence-electron chi connectivity index (χ2n) is 7.11. The predicted molar refractivity (Wildman–Crippen MR) is 112 cm³/mol. The summed E-state index contributed by atoms with van der Waals surface area (Å²) >= 11 is 1.39. The van der Waals surface area contributed by atoms with Crippen LogP contribution in [0.3, 0.4) is 0 Å². The van der Waals surface area contributed by atoms with E-state index in [2.05, 4.69) is 26.7 Å². The Morgan fingerprint density at radius 1 is 1.00 bits per heavy atom. The monoisotopic (exact) mass is 401 g/mol. The molecule has 1 atom stereocenters. The topological polar surface area (TPSA) is 63.9 Å². The van der Waals surface area contributed by atoms with Crippen LogP contribution in [0.1, 0.15) is 28.6 Å². The molecule has 2 aromatic heterocycles. The normalized spacial score (nSPS) is 15.9. The SMILES string of the molecule is C[C@H]1CN(C(=O)c2nc(-c3ccccc3)cs2)Cc2nnc(-c3ccccc3)n21. The van der Waals surface area contributed by atoms with Crippen molar-refractivity contribution in [1.82, 2.24) is 24.6 Å². The Morgan fingerprint density at radius 2 is 1.69 bits per heavy atom. The van der Waals surface area contributed by atoms with Crippen LogP contribution in [0.2, 0.25) is 0 Å². The molecule has 0 saturated carbocycles. The number of fused-ring (bicyclic) bond motifs is 1. The van der Waals surface area contributed by atoms with Crippen molar-refractivity contribution in [2.75, 3.05) is 6.54 Å². The lowest BCUT2D eigenvalue weighted by molar-refractivity contribution is 0.0682. The second-order valence-corrected chi connectivity index (χ2v) is 7.97. The largest absolute Gasteiger partial charge is 0.327 e. The molecule has 29 heavy (non-hydrogen) atoms. The third-order valence-electron chi connectivity index (χ3n) is 5.10. The van der Waals surface area contributed by atoms with Gasteiger partial charge in [0, 0.05) is 23.1 Å². The molecule has 4 aromatic rings. The minimum atomic E-state index is -0.0560. The Hall–Kier alpha value is -3.32. The molecular formula is C22H19N5OS. The molecular weight excluding hydrogens is 382 g/mol. The van der Waals surface area contributed by atoms with Gasteiger partial charge in [0.1, 0.15) is 0 Å². The van der Waals surface area contributed by atoms with Crippen LogP contribution in [0, 0.1) is 0 Å². The maximum atomic E-state index is 13.1. The standard InChI is InChI=1S/C22H19N5OS/c1-15-12-26(13-19-24-25-20(27(15)19)17-10-6-3-7-11-17)22(28)21-23-18(14-29-21)16-8-4-2-5-9-16/h2-11,14-15H,12-13H2,1H3/t15-/m0/s1. The third kappa shape index (κ3) is 3.23. The number of aromatic nitrogens is 4. The van der Waals surface area contributed by atoms with Gasteiger partial charge in [0.25, 0.3) is 5.91 Å². The molecule has 6 nitrogen and oxygen atoms in total. The Labute approximate surface area is 172 Å². The highest BCUT2D eigenvalue weighted by atomic mass is 32.1. The molecule has 0 radical (unpaired) electrons. The van der Waals surface area contributed by atoms with Crippen LogP contribution >= 0.6 is 11.3 Å². The van der Waals surface area contributed by atoms with Crippen molar-refractivity contribution >= 4 is 17.2 Å². The molecule has 7 heteroatoms. The van der Waals surface area contributed by atoms with E-state index in [9.17, 15) is 4.79 Å². The minimum absolute atomic E-state index is 0.0560.